The number of hydrogen-bond donors (Lipinski definition) is 1. The fraction of sp³-hybridized carbons (Fsp3) is 0.833. The summed E-state index contributed by atoms with van der Waals surface area (Å²) in [6.45, 7) is 5.45. The Labute approximate surface area is 101 Å². The van der Waals surface area contributed by atoms with Crippen LogP contribution in [0, 0.1) is 5.41 Å². The van der Waals surface area contributed by atoms with Gasteiger partial charge < -0.3 is 10.0 Å². The van der Waals surface area contributed by atoms with Crippen LogP contribution in [0.5, 0.6) is 0 Å². The third kappa shape index (κ3) is 2.60. The van der Waals surface area contributed by atoms with E-state index in [0.717, 1.165) is 19.5 Å². The Hall–Kier alpha value is -1.10. The number of aliphatic carboxylic acids is 1. The van der Waals surface area contributed by atoms with Crippen LogP contribution in [-0.2, 0) is 9.59 Å². The van der Waals surface area contributed by atoms with Crippen molar-refractivity contribution < 1.29 is 14.7 Å². The smallest absolute Gasteiger partial charge is 0.309 e. The molecule has 0 aliphatic carbocycles. The van der Waals surface area contributed by atoms with Crippen LogP contribution in [0.4, 0.5) is 0 Å². The van der Waals surface area contributed by atoms with Crippen LogP contribution in [-0.4, -0.2) is 59.5 Å². The lowest BCUT2D eigenvalue weighted by Gasteiger charge is -2.38. The third-order valence-electron chi connectivity index (χ3n) is 4.04. The van der Waals surface area contributed by atoms with Crippen LogP contribution < -0.4 is 0 Å². The van der Waals surface area contributed by atoms with Crippen LogP contribution in [0.1, 0.15) is 26.2 Å². The number of amides is 1. The van der Waals surface area contributed by atoms with Crippen LogP contribution in [0.15, 0.2) is 0 Å². The molecule has 0 bridgehead atoms. The summed E-state index contributed by atoms with van der Waals surface area (Å²) in [6.07, 6.45) is 2.38. The molecule has 2 heterocycles. The maximum Gasteiger partial charge on any atom is 0.309 e. The average Bonchev–Trinajstić information content (AvgIpc) is 2.19. The molecule has 2 aliphatic heterocycles. The minimum Gasteiger partial charge on any atom is -0.481 e. The monoisotopic (exact) mass is 240 g/mol. The van der Waals surface area contributed by atoms with Gasteiger partial charge in [0.1, 0.15) is 0 Å². The topological polar surface area (TPSA) is 60.9 Å². The first-order valence-electron chi connectivity index (χ1n) is 6.25. The van der Waals surface area contributed by atoms with E-state index in [0.29, 0.717) is 32.5 Å². The van der Waals surface area contributed by atoms with Gasteiger partial charge in [0, 0.05) is 13.1 Å². The summed E-state index contributed by atoms with van der Waals surface area (Å²) in [5.41, 5.74) is -0.601. The lowest BCUT2D eigenvalue weighted by molar-refractivity contribution is -0.151. The van der Waals surface area contributed by atoms with Gasteiger partial charge in [-0.15, -0.1) is 0 Å². The molecule has 0 unspecified atom stereocenters. The van der Waals surface area contributed by atoms with Crippen molar-refractivity contribution in [3.8, 4) is 0 Å². The number of nitrogens with zero attached hydrogens (tertiary/aromatic N) is 2. The van der Waals surface area contributed by atoms with Gasteiger partial charge in [-0.2, -0.15) is 0 Å². The van der Waals surface area contributed by atoms with E-state index in [1.54, 1.807) is 6.92 Å². The molecule has 2 fully saturated rings. The minimum atomic E-state index is -0.716. The van der Waals surface area contributed by atoms with Crippen molar-refractivity contribution in [2.45, 2.75) is 26.2 Å². The Kier molecular flexibility index (Phi) is 3.38. The van der Waals surface area contributed by atoms with Crippen molar-refractivity contribution in [3.05, 3.63) is 0 Å². The predicted octanol–water partition coefficient (Wildman–Crippen LogP) is 0.405. The summed E-state index contributed by atoms with van der Waals surface area (Å²) < 4.78 is 0. The zero-order valence-electron chi connectivity index (χ0n) is 10.3. The molecule has 0 spiro atoms. The van der Waals surface area contributed by atoms with Gasteiger partial charge in [-0.1, -0.05) is 0 Å². The number of hydrogen-bond acceptors (Lipinski definition) is 3. The molecule has 0 aromatic carbocycles. The molecule has 17 heavy (non-hydrogen) atoms. The standard InChI is InChI=1S/C12H20N2O3/c1-12(11(16)17)3-7-13(8-4-12)9-10(15)14-5-2-6-14/h2-9H2,1H3,(H,16,17). The number of piperidine rings is 1. The van der Waals surface area contributed by atoms with E-state index in [1.165, 1.54) is 0 Å². The summed E-state index contributed by atoms with van der Waals surface area (Å²) in [5, 5.41) is 9.11. The van der Waals surface area contributed by atoms with Crippen molar-refractivity contribution in [1.29, 1.82) is 0 Å². The number of carbonyl (C=O) groups is 2. The largest absolute Gasteiger partial charge is 0.481 e. The van der Waals surface area contributed by atoms with Gasteiger partial charge in [0.25, 0.3) is 0 Å². The summed E-state index contributed by atoms with van der Waals surface area (Å²) in [7, 11) is 0. The predicted molar refractivity (Wildman–Crippen MR) is 62.6 cm³/mol. The van der Waals surface area contributed by atoms with E-state index in [1.807, 2.05) is 4.90 Å². The first-order valence-corrected chi connectivity index (χ1v) is 6.25. The molecule has 2 saturated heterocycles. The van der Waals surface area contributed by atoms with Crippen molar-refractivity contribution in [1.82, 2.24) is 9.80 Å². The Bertz CT molecular complexity index is 318. The van der Waals surface area contributed by atoms with Crippen molar-refractivity contribution in [2.24, 2.45) is 5.41 Å². The van der Waals surface area contributed by atoms with E-state index in [4.69, 9.17) is 5.11 Å². The quantitative estimate of drug-likeness (QED) is 0.776. The van der Waals surface area contributed by atoms with E-state index in [-0.39, 0.29) is 5.91 Å². The molecule has 2 rings (SSSR count). The van der Waals surface area contributed by atoms with E-state index in [2.05, 4.69) is 4.90 Å². The average molecular weight is 240 g/mol. The number of likely N-dealkylation sites (tertiary alicyclic amines) is 2. The fourth-order valence-corrected chi connectivity index (χ4v) is 2.28. The Morgan fingerprint density at radius 1 is 1.18 bits per heavy atom. The number of rotatable bonds is 3. The summed E-state index contributed by atoms with van der Waals surface area (Å²) in [6, 6.07) is 0. The van der Waals surface area contributed by atoms with Gasteiger partial charge in [-0.3, -0.25) is 14.5 Å². The van der Waals surface area contributed by atoms with E-state index in [9.17, 15) is 9.59 Å². The maximum atomic E-state index is 11.8. The SMILES string of the molecule is CC1(C(=O)O)CCN(CC(=O)N2CCC2)CC1. The first kappa shape index (κ1) is 12.4. The fourth-order valence-electron chi connectivity index (χ4n) is 2.28. The molecular weight excluding hydrogens is 220 g/mol. The summed E-state index contributed by atoms with van der Waals surface area (Å²) in [5.74, 6) is -0.526. The van der Waals surface area contributed by atoms with Crippen LogP contribution in [0.3, 0.4) is 0 Å². The highest BCUT2D eigenvalue weighted by molar-refractivity contribution is 5.79. The molecule has 5 nitrogen and oxygen atoms in total. The minimum absolute atomic E-state index is 0.190. The molecule has 2 aliphatic rings. The molecule has 0 atom stereocenters. The van der Waals surface area contributed by atoms with Crippen LogP contribution >= 0.6 is 0 Å². The highest BCUT2D eigenvalue weighted by atomic mass is 16.4. The molecule has 0 saturated carbocycles. The van der Waals surface area contributed by atoms with Gasteiger partial charge >= 0.3 is 5.97 Å². The second-order valence-electron chi connectivity index (χ2n) is 5.38. The van der Waals surface area contributed by atoms with Crippen molar-refractivity contribution in [3.63, 3.8) is 0 Å². The van der Waals surface area contributed by atoms with Gasteiger partial charge in [-0.25, -0.2) is 0 Å². The Morgan fingerprint density at radius 3 is 2.18 bits per heavy atom. The molecule has 96 valence electrons. The zero-order valence-corrected chi connectivity index (χ0v) is 10.3. The lowest BCUT2D eigenvalue weighted by atomic mass is 9.80. The summed E-state index contributed by atoms with van der Waals surface area (Å²) in [4.78, 5) is 26.8. The van der Waals surface area contributed by atoms with Gasteiger partial charge in [0.2, 0.25) is 5.91 Å². The second-order valence-corrected chi connectivity index (χ2v) is 5.38. The van der Waals surface area contributed by atoms with Gasteiger partial charge in [0.15, 0.2) is 0 Å². The van der Waals surface area contributed by atoms with Gasteiger partial charge in [-0.05, 0) is 39.3 Å². The number of carbonyl (C=O) groups excluding carboxylic acids is 1. The molecule has 1 amide bonds. The van der Waals surface area contributed by atoms with Crippen molar-refractivity contribution in [2.75, 3.05) is 32.7 Å². The molecule has 0 aromatic rings. The van der Waals surface area contributed by atoms with Crippen LogP contribution in [0.25, 0.3) is 0 Å². The molecule has 0 aromatic heterocycles. The second kappa shape index (κ2) is 4.64. The highest BCUT2D eigenvalue weighted by Crippen LogP contribution is 2.30. The lowest BCUT2D eigenvalue weighted by Crippen LogP contribution is -2.50. The third-order valence-corrected chi connectivity index (χ3v) is 4.04. The first-order chi connectivity index (χ1) is 8.01. The van der Waals surface area contributed by atoms with Crippen molar-refractivity contribution >= 4 is 11.9 Å². The number of carboxylic acids is 1. The van der Waals surface area contributed by atoms with Gasteiger partial charge in [0.05, 0.1) is 12.0 Å². The molecule has 5 heteroatoms. The maximum absolute atomic E-state index is 11.8. The molecular formula is C12H20N2O3. The van der Waals surface area contributed by atoms with E-state index >= 15 is 0 Å². The Balaban J connectivity index is 1.79. The highest BCUT2D eigenvalue weighted by Gasteiger charge is 2.37. The van der Waals surface area contributed by atoms with Crippen LogP contribution in [0.2, 0.25) is 0 Å². The summed E-state index contributed by atoms with van der Waals surface area (Å²) >= 11 is 0. The number of carboxylic acid groups (broad SMARTS) is 1. The molecule has 0 radical (unpaired) electrons. The molecule has 1 N–H and O–H groups in total. The normalized spacial score (nSPS) is 24.2. The Morgan fingerprint density at radius 2 is 1.76 bits per heavy atom. The zero-order chi connectivity index (χ0) is 12.5. The van der Waals surface area contributed by atoms with E-state index < -0.39 is 11.4 Å².